The Morgan fingerprint density at radius 3 is 2.58 bits per heavy atom. The number of aromatic amines is 1. The van der Waals surface area contributed by atoms with Crippen LogP contribution in [0.1, 0.15) is 12.6 Å². The van der Waals surface area contributed by atoms with Crippen molar-refractivity contribution in [2.24, 2.45) is 0 Å². The molecule has 2 aromatic rings. The van der Waals surface area contributed by atoms with Gasteiger partial charge in [0.05, 0.1) is 0 Å². The molecule has 0 saturated carbocycles. The zero-order valence-electron chi connectivity index (χ0n) is 10.6. The number of nitrogens with zero attached hydrogens (tertiary/aromatic N) is 1. The van der Waals surface area contributed by atoms with Gasteiger partial charge in [-0.15, -0.1) is 0 Å². The molecular formula is C13H13N3O3. The highest BCUT2D eigenvalue weighted by Crippen LogP contribution is 2.19. The van der Waals surface area contributed by atoms with Crippen LogP contribution in [0.25, 0.3) is 0 Å². The summed E-state index contributed by atoms with van der Waals surface area (Å²) in [6.07, 6.45) is 0. The van der Waals surface area contributed by atoms with Crippen molar-refractivity contribution in [1.29, 1.82) is 0 Å². The highest BCUT2D eigenvalue weighted by Gasteiger charge is 2.02. The van der Waals surface area contributed by atoms with E-state index in [0.717, 1.165) is 0 Å². The van der Waals surface area contributed by atoms with Gasteiger partial charge in [-0.3, -0.25) is 14.6 Å². The van der Waals surface area contributed by atoms with Crippen molar-refractivity contribution < 1.29 is 9.53 Å². The molecule has 0 aliphatic carbocycles. The average Bonchev–Trinajstić information content (AvgIpc) is 2.29. The third-order valence-electron chi connectivity index (χ3n) is 2.24. The number of anilines is 1. The van der Waals surface area contributed by atoms with Gasteiger partial charge in [0.2, 0.25) is 5.91 Å². The first kappa shape index (κ1) is 12.8. The van der Waals surface area contributed by atoms with Crippen LogP contribution in [-0.4, -0.2) is 15.9 Å². The van der Waals surface area contributed by atoms with Crippen molar-refractivity contribution >= 4 is 11.6 Å². The molecule has 1 aromatic carbocycles. The van der Waals surface area contributed by atoms with E-state index in [1.165, 1.54) is 13.0 Å². The van der Waals surface area contributed by atoms with Gasteiger partial charge in [-0.25, -0.2) is 4.98 Å². The Morgan fingerprint density at radius 1 is 1.32 bits per heavy atom. The number of hydrogen-bond donors (Lipinski definition) is 2. The number of H-pyrrole nitrogens is 1. The van der Waals surface area contributed by atoms with Crippen molar-refractivity contribution in [1.82, 2.24) is 9.97 Å². The number of nitrogens with one attached hydrogen (secondary N) is 2. The highest BCUT2D eigenvalue weighted by atomic mass is 16.5. The smallest absolute Gasteiger partial charge is 0.302 e. The van der Waals surface area contributed by atoms with E-state index >= 15 is 0 Å². The molecule has 6 heteroatoms. The molecule has 0 radical (unpaired) electrons. The molecule has 0 bridgehead atoms. The van der Waals surface area contributed by atoms with E-state index in [1.807, 2.05) is 0 Å². The molecule has 0 atom stereocenters. The van der Waals surface area contributed by atoms with E-state index in [1.54, 1.807) is 31.2 Å². The SMILES string of the molecule is CC(=O)Nc1ccc(Oc2nc(C)cc(=O)[nH]2)cc1. The van der Waals surface area contributed by atoms with Gasteiger partial charge in [-0.05, 0) is 31.2 Å². The maximum absolute atomic E-state index is 11.3. The van der Waals surface area contributed by atoms with Crippen molar-refractivity contribution in [3.05, 3.63) is 46.4 Å². The molecule has 0 spiro atoms. The third-order valence-corrected chi connectivity index (χ3v) is 2.24. The van der Waals surface area contributed by atoms with Gasteiger partial charge in [-0.1, -0.05) is 0 Å². The summed E-state index contributed by atoms with van der Waals surface area (Å²) in [6, 6.07) is 8.26. The normalized spacial score (nSPS) is 10.0. The molecule has 0 fully saturated rings. The zero-order valence-corrected chi connectivity index (χ0v) is 10.6. The van der Waals surface area contributed by atoms with Gasteiger partial charge in [0, 0.05) is 24.4 Å². The largest absolute Gasteiger partial charge is 0.426 e. The predicted molar refractivity (Wildman–Crippen MR) is 70.4 cm³/mol. The number of aromatic nitrogens is 2. The highest BCUT2D eigenvalue weighted by molar-refractivity contribution is 5.88. The van der Waals surface area contributed by atoms with Gasteiger partial charge in [-0.2, -0.15) is 0 Å². The molecule has 2 N–H and O–H groups in total. The lowest BCUT2D eigenvalue weighted by atomic mass is 10.3. The van der Waals surface area contributed by atoms with Crippen LogP contribution in [0.3, 0.4) is 0 Å². The first-order valence-corrected chi connectivity index (χ1v) is 5.66. The predicted octanol–water partition coefficient (Wildman–Crippen LogP) is 1.83. The minimum atomic E-state index is -0.266. The summed E-state index contributed by atoms with van der Waals surface area (Å²) in [5.41, 5.74) is 0.983. The minimum Gasteiger partial charge on any atom is -0.426 e. The van der Waals surface area contributed by atoms with Gasteiger partial charge in [0.25, 0.3) is 5.56 Å². The monoisotopic (exact) mass is 259 g/mol. The van der Waals surface area contributed by atoms with Crippen LogP contribution in [0, 0.1) is 6.92 Å². The van der Waals surface area contributed by atoms with Crippen molar-refractivity contribution in [3.8, 4) is 11.8 Å². The summed E-state index contributed by atoms with van der Waals surface area (Å²) in [4.78, 5) is 28.7. The fourth-order valence-corrected chi connectivity index (χ4v) is 1.52. The molecule has 1 amide bonds. The number of hydrogen-bond acceptors (Lipinski definition) is 4. The summed E-state index contributed by atoms with van der Waals surface area (Å²) >= 11 is 0. The van der Waals surface area contributed by atoms with Crippen LogP contribution < -0.4 is 15.6 Å². The van der Waals surface area contributed by atoms with Gasteiger partial charge in [0.15, 0.2) is 0 Å². The number of amides is 1. The Balaban J connectivity index is 2.15. The second-order valence-electron chi connectivity index (χ2n) is 4.00. The van der Waals surface area contributed by atoms with E-state index in [0.29, 0.717) is 17.1 Å². The number of aryl methyl sites for hydroxylation is 1. The standard InChI is InChI=1S/C13H13N3O3/c1-8-7-12(18)16-13(14-8)19-11-5-3-10(4-6-11)15-9(2)17/h3-7H,1-2H3,(H,15,17)(H,14,16,18). The summed E-state index contributed by atoms with van der Waals surface area (Å²) in [5.74, 6) is 0.376. The molecule has 0 aliphatic rings. The zero-order chi connectivity index (χ0) is 13.8. The maximum Gasteiger partial charge on any atom is 0.302 e. The Morgan fingerprint density at radius 2 is 2.00 bits per heavy atom. The molecule has 1 aromatic heterocycles. The number of rotatable bonds is 3. The first-order chi connectivity index (χ1) is 9.02. The lowest BCUT2D eigenvalue weighted by molar-refractivity contribution is -0.114. The molecule has 19 heavy (non-hydrogen) atoms. The molecule has 98 valence electrons. The van der Waals surface area contributed by atoms with E-state index in [2.05, 4.69) is 15.3 Å². The van der Waals surface area contributed by atoms with Gasteiger partial charge < -0.3 is 10.1 Å². The Bertz CT molecular complexity index is 647. The number of ether oxygens (including phenoxy) is 1. The summed E-state index contributed by atoms with van der Waals surface area (Å²) in [6.45, 7) is 3.15. The third kappa shape index (κ3) is 3.67. The maximum atomic E-state index is 11.3. The van der Waals surface area contributed by atoms with E-state index in [9.17, 15) is 9.59 Å². The van der Waals surface area contributed by atoms with E-state index in [4.69, 9.17) is 4.74 Å². The van der Waals surface area contributed by atoms with Crippen molar-refractivity contribution in [3.63, 3.8) is 0 Å². The van der Waals surface area contributed by atoms with E-state index < -0.39 is 0 Å². The molecular weight excluding hydrogens is 246 g/mol. The van der Waals surface area contributed by atoms with Gasteiger partial charge in [0.1, 0.15) is 5.75 Å². The van der Waals surface area contributed by atoms with Gasteiger partial charge >= 0.3 is 6.01 Å². The van der Waals surface area contributed by atoms with Crippen LogP contribution in [-0.2, 0) is 4.79 Å². The average molecular weight is 259 g/mol. The fourth-order valence-electron chi connectivity index (χ4n) is 1.52. The first-order valence-electron chi connectivity index (χ1n) is 5.66. The molecule has 0 unspecified atom stereocenters. The van der Waals surface area contributed by atoms with Crippen LogP contribution in [0.15, 0.2) is 35.1 Å². The Labute approximate surface area is 109 Å². The molecule has 0 saturated heterocycles. The van der Waals surface area contributed by atoms with Crippen molar-refractivity contribution in [2.45, 2.75) is 13.8 Å². The van der Waals surface area contributed by atoms with E-state index in [-0.39, 0.29) is 17.5 Å². The van der Waals surface area contributed by atoms with Crippen LogP contribution in [0.5, 0.6) is 11.8 Å². The topological polar surface area (TPSA) is 84.1 Å². The number of carbonyl (C=O) groups is 1. The Hall–Kier alpha value is -2.63. The second kappa shape index (κ2) is 5.34. The lowest BCUT2D eigenvalue weighted by Gasteiger charge is -2.06. The minimum absolute atomic E-state index is 0.136. The molecule has 2 rings (SSSR count). The van der Waals surface area contributed by atoms with Crippen LogP contribution in [0.2, 0.25) is 0 Å². The molecule has 6 nitrogen and oxygen atoms in total. The fraction of sp³-hybridized carbons (Fsp3) is 0.154. The molecule has 0 aliphatic heterocycles. The summed E-state index contributed by atoms with van der Waals surface area (Å²) < 4.78 is 5.42. The number of benzene rings is 1. The summed E-state index contributed by atoms with van der Waals surface area (Å²) in [5, 5.41) is 2.65. The van der Waals surface area contributed by atoms with Crippen LogP contribution in [0.4, 0.5) is 5.69 Å². The Kier molecular flexibility index (Phi) is 3.61. The van der Waals surface area contributed by atoms with Crippen molar-refractivity contribution in [2.75, 3.05) is 5.32 Å². The quantitative estimate of drug-likeness (QED) is 0.880. The lowest BCUT2D eigenvalue weighted by Crippen LogP contribution is -2.08. The molecule has 1 heterocycles. The van der Waals surface area contributed by atoms with Crippen LogP contribution >= 0.6 is 0 Å². The number of carbonyl (C=O) groups excluding carboxylic acids is 1. The second-order valence-corrected chi connectivity index (χ2v) is 4.00. The summed E-state index contributed by atoms with van der Waals surface area (Å²) in [7, 11) is 0.